The number of piperidine rings is 1. The van der Waals surface area contributed by atoms with Crippen LogP contribution in [0.25, 0.3) is 10.8 Å². The number of carbonyl (C=O) groups excluding carboxylic acids is 1. The minimum atomic E-state index is 0.125. The average molecular weight is 395 g/mol. The molecule has 0 spiro atoms. The van der Waals surface area contributed by atoms with Gasteiger partial charge in [0.1, 0.15) is 0 Å². The van der Waals surface area contributed by atoms with Crippen LogP contribution in [0.2, 0.25) is 0 Å². The van der Waals surface area contributed by atoms with Crippen molar-refractivity contribution >= 4 is 22.6 Å². The molecule has 0 aliphatic carbocycles. The number of ether oxygens (including phenoxy) is 1. The summed E-state index contributed by atoms with van der Waals surface area (Å²) in [5.74, 6) is 1.34. The van der Waals surface area contributed by atoms with Crippen LogP contribution in [0.5, 0.6) is 0 Å². The number of guanidine groups is 1. The molecule has 0 saturated carbocycles. The number of likely N-dealkylation sites (tertiary alicyclic amines) is 1. The molecule has 2 fully saturated rings. The largest absolute Gasteiger partial charge is 0.378 e. The van der Waals surface area contributed by atoms with Crippen molar-refractivity contribution in [2.45, 2.75) is 19.4 Å². The molecule has 2 heterocycles. The number of hydrogen-bond donors (Lipinski definition) is 1. The first kappa shape index (κ1) is 19.7. The van der Waals surface area contributed by atoms with Crippen LogP contribution in [0.3, 0.4) is 0 Å². The summed E-state index contributed by atoms with van der Waals surface area (Å²) in [6, 6.07) is 14.9. The molecule has 0 bridgehead atoms. The van der Waals surface area contributed by atoms with Gasteiger partial charge in [-0.1, -0.05) is 42.5 Å². The van der Waals surface area contributed by atoms with E-state index in [2.05, 4.69) is 57.7 Å². The maximum Gasteiger partial charge on any atom is 0.225 e. The molecule has 2 saturated heterocycles. The number of morpholine rings is 1. The van der Waals surface area contributed by atoms with Crippen molar-refractivity contribution < 1.29 is 9.53 Å². The number of fused-ring (bicyclic) bond motifs is 1. The summed E-state index contributed by atoms with van der Waals surface area (Å²) in [6.07, 6.45) is 1.76. The van der Waals surface area contributed by atoms with Gasteiger partial charge in [-0.2, -0.15) is 0 Å². The molecule has 2 aromatic carbocycles. The first-order valence-corrected chi connectivity index (χ1v) is 10.5. The maximum absolute atomic E-state index is 12.7. The standard InChI is InChI=1S/C23H30N4O2/c1-24-23(25-17-20-7-4-6-18-5-2-3-8-21(18)20)27-11-9-19(10-12-27)22(28)26-13-15-29-16-14-26/h2-8,19H,9-17H2,1H3,(H,24,25). The third-order valence-electron chi connectivity index (χ3n) is 6.00. The van der Waals surface area contributed by atoms with Crippen molar-refractivity contribution in [2.24, 2.45) is 10.9 Å². The van der Waals surface area contributed by atoms with Crippen LogP contribution in [0.4, 0.5) is 0 Å². The second kappa shape index (κ2) is 9.27. The van der Waals surface area contributed by atoms with Crippen LogP contribution < -0.4 is 5.32 Å². The van der Waals surface area contributed by atoms with Crippen molar-refractivity contribution in [3.05, 3.63) is 48.0 Å². The molecule has 154 valence electrons. The minimum Gasteiger partial charge on any atom is -0.378 e. The summed E-state index contributed by atoms with van der Waals surface area (Å²) in [4.78, 5) is 21.5. The molecule has 4 rings (SSSR count). The molecule has 0 unspecified atom stereocenters. The predicted octanol–water partition coefficient (Wildman–Crippen LogP) is 2.49. The smallest absolute Gasteiger partial charge is 0.225 e. The highest BCUT2D eigenvalue weighted by Gasteiger charge is 2.30. The fourth-order valence-electron chi connectivity index (χ4n) is 4.33. The fraction of sp³-hybridized carbons (Fsp3) is 0.478. The molecule has 2 aliphatic rings. The molecular weight excluding hydrogens is 364 g/mol. The second-order valence-corrected chi connectivity index (χ2v) is 7.74. The van der Waals surface area contributed by atoms with E-state index in [9.17, 15) is 4.79 Å². The number of carbonyl (C=O) groups is 1. The molecule has 0 radical (unpaired) electrons. The van der Waals surface area contributed by atoms with Gasteiger partial charge in [0, 0.05) is 45.7 Å². The third kappa shape index (κ3) is 4.53. The van der Waals surface area contributed by atoms with Gasteiger partial charge < -0.3 is 19.9 Å². The van der Waals surface area contributed by atoms with Gasteiger partial charge in [0.2, 0.25) is 5.91 Å². The van der Waals surface area contributed by atoms with E-state index in [0.717, 1.165) is 51.5 Å². The SMILES string of the molecule is CN=C(NCc1cccc2ccccc12)N1CCC(C(=O)N2CCOCC2)CC1. The maximum atomic E-state index is 12.7. The molecule has 1 amide bonds. The summed E-state index contributed by atoms with van der Waals surface area (Å²) in [5.41, 5.74) is 1.27. The van der Waals surface area contributed by atoms with Gasteiger partial charge >= 0.3 is 0 Å². The minimum absolute atomic E-state index is 0.125. The topological polar surface area (TPSA) is 57.2 Å². The van der Waals surface area contributed by atoms with Gasteiger partial charge in [0.15, 0.2) is 5.96 Å². The first-order chi connectivity index (χ1) is 14.3. The van der Waals surface area contributed by atoms with Crippen molar-refractivity contribution in [1.29, 1.82) is 0 Å². The molecule has 6 heteroatoms. The monoisotopic (exact) mass is 394 g/mol. The van der Waals surface area contributed by atoms with E-state index in [0.29, 0.717) is 19.1 Å². The summed E-state index contributed by atoms with van der Waals surface area (Å²) in [7, 11) is 1.83. The number of rotatable bonds is 3. The Bertz CT molecular complexity index is 863. The van der Waals surface area contributed by atoms with Crippen LogP contribution in [0.1, 0.15) is 18.4 Å². The number of aliphatic imine (C=N–C) groups is 1. The lowest BCUT2D eigenvalue weighted by Crippen LogP contribution is -2.49. The summed E-state index contributed by atoms with van der Waals surface area (Å²) in [5, 5.41) is 6.04. The van der Waals surface area contributed by atoms with Crippen molar-refractivity contribution in [2.75, 3.05) is 46.4 Å². The Morgan fingerprint density at radius 1 is 1.03 bits per heavy atom. The summed E-state index contributed by atoms with van der Waals surface area (Å²) < 4.78 is 5.36. The number of benzene rings is 2. The number of amides is 1. The Balaban J connectivity index is 1.33. The quantitative estimate of drug-likeness (QED) is 0.642. The van der Waals surface area contributed by atoms with E-state index >= 15 is 0 Å². The van der Waals surface area contributed by atoms with Gasteiger partial charge in [-0.05, 0) is 29.2 Å². The molecule has 6 nitrogen and oxygen atoms in total. The van der Waals surface area contributed by atoms with Gasteiger partial charge in [-0.25, -0.2) is 0 Å². The molecule has 2 aliphatic heterocycles. The number of hydrogen-bond acceptors (Lipinski definition) is 3. The van der Waals surface area contributed by atoms with Crippen molar-refractivity contribution in [3.8, 4) is 0 Å². The second-order valence-electron chi connectivity index (χ2n) is 7.74. The number of nitrogens with zero attached hydrogens (tertiary/aromatic N) is 3. The zero-order chi connectivity index (χ0) is 20.1. The van der Waals surface area contributed by atoms with Crippen LogP contribution in [0, 0.1) is 5.92 Å². The predicted molar refractivity (Wildman–Crippen MR) is 116 cm³/mol. The lowest BCUT2D eigenvalue weighted by Gasteiger charge is -2.36. The zero-order valence-corrected chi connectivity index (χ0v) is 17.1. The Morgan fingerprint density at radius 2 is 1.76 bits per heavy atom. The van der Waals surface area contributed by atoms with Gasteiger partial charge in [-0.3, -0.25) is 9.79 Å². The van der Waals surface area contributed by atoms with Crippen LogP contribution >= 0.6 is 0 Å². The Morgan fingerprint density at radius 3 is 2.52 bits per heavy atom. The molecular formula is C23H30N4O2. The van der Waals surface area contributed by atoms with Crippen LogP contribution in [-0.2, 0) is 16.1 Å². The summed E-state index contributed by atoms with van der Waals surface area (Å²) >= 11 is 0. The highest BCUT2D eigenvalue weighted by Crippen LogP contribution is 2.21. The molecule has 1 N–H and O–H groups in total. The Labute approximate surface area is 172 Å². The first-order valence-electron chi connectivity index (χ1n) is 10.5. The van der Waals surface area contributed by atoms with E-state index in [-0.39, 0.29) is 5.92 Å². The van der Waals surface area contributed by atoms with Crippen LogP contribution in [-0.4, -0.2) is 68.1 Å². The lowest BCUT2D eigenvalue weighted by molar-refractivity contribution is -0.140. The fourth-order valence-corrected chi connectivity index (χ4v) is 4.33. The van der Waals surface area contributed by atoms with E-state index in [1.54, 1.807) is 0 Å². The van der Waals surface area contributed by atoms with Crippen molar-refractivity contribution in [3.63, 3.8) is 0 Å². The normalized spacial score (nSPS) is 18.9. The molecule has 0 atom stereocenters. The molecule has 0 aromatic heterocycles. The summed E-state index contributed by atoms with van der Waals surface area (Å²) in [6.45, 7) is 5.23. The van der Waals surface area contributed by atoms with Gasteiger partial charge in [0.05, 0.1) is 13.2 Å². The zero-order valence-electron chi connectivity index (χ0n) is 17.1. The molecule has 29 heavy (non-hydrogen) atoms. The Hall–Kier alpha value is -2.60. The van der Waals surface area contributed by atoms with E-state index in [4.69, 9.17) is 4.74 Å². The van der Waals surface area contributed by atoms with Gasteiger partial charge in [0.25, 0.3) is 0 Å². The highest BCUT2D eigenvalue weighted by molar-refractivity contribution is 5.86. The Kier molecular flexibility index (Phi) is 6.30. The lowest BCUT2D eigenvalue weighted by atomic mass is 9.95. The highest BCUT2D eigenvalue weighted by atomic mass is 16.5. The van der Waals surface area contributed by atoms with Crippen LogP contribution in [0.15, 0.2) is 47.5 Å². The molecule has 2 aromatic rings. The van der Waals surface area contributed by atoms with Gasteiger partial charge in [-0.15, -0.1) is 0 Å². The number of nitrogens with one attached hydrogen (secondary N) is 1. The van der Waals surface area contributed by atoms with E-state index < -0.39 is 0 Å². The van der Waals surface area contributed by atoms with Crippen molar-refractivity contribution in [1.82, 2.24) is 15.1 Å². The average Bonchev–Trinajstić information content (AvgIpc) is 2.80. The third-order valence-corrected chi connectivity index (χ3v) is 6.00. The van der Waals surface area contributed by atoms with E-state index in [1.165, 1.54) is 16.3 Å². The van der Waals surface area contributed by atoms with E-state index in [1.807, 2.05) is 11.9 Å².